The van der Waals surface area contributed by atoms with Gasteiger partial charge in [0, 0.05) is 11.4 Å². The number of aryl methyl sites for hydroxylation is 2. The molecule has 76 valence electrons. The van der Waals surface area contributed by atoms with E-state index in [-0.39, 0.29) is 5.54 Å². The predicted molar refractivity (Wildman–Crippen MR) is 61.3 cm³/mol. The molecule has 0 aliphatic heterocycles. The largest absolute Gasteiger partial charge is 0.295 e. The predicted octanol–water partition coefficient (Wildman–Crippen LogP) is 2.26. The lowest BCUT2D eigenvalue weighted by Crippen LogP contribution is -2.36. The molecule has 0 spiro atoms. The minimum absolute atomic E-state index is 0.256. The molecule has 0 saturated carbocycles. The van der Waals surface area contributed by atoms with Gasteiger partial charge in [-0.25, -0.2) is 4.98 Å². The Morgan fingerprint density at radius 3 is 2.57 bits per heavy atom. The monoisotopic (exact) mass is 208 g/mol. The molecular formula is C11H16N2S. The Kier molecular flexibility index (Phi) is 3.30. The highest BCUT2D eigenvalue weighted by molar-refractivity contribution is 7.11. The van der Waals surface area contributed by atoms with E-state index in [0.29, 0.717) is 0 Å². The molecule has 0 amide bonds. The van der Waals surface area contributed by atoms with Crippen LogP contribution < -0.4 is 5.32 Å². The van der Waals surface area contributed by atoms with Gasteiger partial charge in [0.15, 0.2) is 0 Å². The van der Waals surface area contributed by atoms with Crippen LogP contribution in [0.2, 0.25) is 0 Å². The van der Waals surface area contributed by atoms with Crippen molar-refractivity contribution in [2.75, 3.05) is 0 Å². The van der Waals surface area contributed by atoms with Crippen LogP contribution in [0.25, 0.3) is 0 Å². The van der Waals surface area contributed by atoms with Gasteiger partial charge in [-0.3, -0.25) is 5.32 Å². The molecule has 1 rings (SSSR count). The van der Waals surface area contributed by atoms with Gasteiger partial charge < -0.3 is 0 Å². The van der Waals surface area contributed by atoms with Gasteiger partial charge in [-0.2, -0.15) is 0 Å². The van der Waals surface area contributed by atoms with Crippen molar-refractivity contribution >= 4 is 11.3 Å². The third-order valence-electron chi connectivity index (χ3n) is 2.12. The molecule has 1 heterocycles. The molecular weight excluding hydrogens is 192 g/mol. The number of aromatic nitrogens is 1. The second-order valence-corrected chi connectivity index (χ2v) is 5.16. The highest BCUT2D eigenvalue weighted by atomic mass is 32.1. The summed E-state index contributed by atoms with van der Waals surface area (Å²) in [6, 6.07) is 0. The average molecular weight is 208 g/mol. The molecule has 1 aromatic heterocycles. The topological polar surface area (TPSA) is 24.9 Å². The number of thiazole rings is 1. The van der Waals surface area contributed by atoms with E-state index in [9.17, 15) is 0 Å². The highest BCUT2D eigenvalue weighted by Gasteiger charge is 2.13. The molecule has 0 aromatic carbocycles. The van der Waals surface area contributed by atoms with Crippen molar-refractivity contribution in [2.45, 2.75) is 39.8 Å². The SMILES string of the molecule is C#CC(C)(C)NCc1nc(C)c(C)s1. The summed E-state index contributed by atoms with van der Waals surface area (Å²) in [5.41, 5.74) is 0.860. The lowest BCUT2D eigenvalue weighted by molar-refractivity contribution is 0.490. The van der Waals surface area contributed by atoms with Crippen LogP contribution in [-0.2, 0) is 6.54 Å². The van der Waals surface area contributed by atoms with Crippen molar-refractivity contribution in [1.82, 2.24) is 10.3 Å². The minimum atomic E-state index is -0.256. The first kappa shape index (κ1) is 11.2. The molecule has 0 aliphatic carbocycles. The Hall–Kier alpha value is -0.850. The molecule has 1 N–H and O–H groups in total. The van der Waals surface area contributed by atoms with Crippen LogP contribution in [0.1, 0.15) is 29.4 Å². The fraction of sp³-hybridized carbons (Fsp3) is 0.545. The van der Waals surface area contributed by atoms with Crippen molar-refractivity contribution in [1.29, 1.82) is 0 Å². The number of hydrogen-bond acceptors (Lipinski definition) is 3. The van der Waals surface area contributed by atoms with E-state index in [2.05, 4.69) is 23.1 Å². The standard InChI is InChI=1S/C11H16N2S/c1-6-11(4,5)12-7-10-13-8(2)9(3)14-10/h1,12H,7H2,2-5H3. The lowest BCUT2D eigenvalue weighted by Gasteiger charge is -2.18. The fourth-order valence-electron chi connectivity index (χ4n) is 0.962. The molecule has 0 saturated heterocycles. The molecule has 2 nitrogen and oxygen atoms in total. The number of terminal acetylenes is 1. The van der Waals surface area contributed by atoms with Gasteiger partial charge in [-0.15, -0.1) is 17.8 Å². The maximum absolute atomic E-state index is 5.38. The summed E-state index contributed by atoms with van der Waals surface area (Å²) in [4.78, 5) is 5.71. The number of nitrogens with zero attached hydrogens (tertiary/aromatic N) is 1. The van der Waals surface area contributed by atoms with Crippen LogP contribution in [0.15, 0.2) is 0 Å². The highest BCUT2D eigenvalue weighted by Crippen LogP contribution is 2.16. The quantitative estimate of drug-likeness (QED) is 0.771. The Bertz CT molecular complexity index is 338. The zero-order valence-corrected chi connectivity index (χ0v) is 9.96. The number of hydrogen-bond donors (Lipinski definition) is 1. The van der Waals surface area contributed by atoms with Crippen LogP contribution in [0.3, 0.4) is 0 Å². The van der Waals surface area contributed by atoms with E-state index in [1.165, 1.54) is 4.88 Å². The molecule has 3 heteroatoms. The summed E-state index contributed by atoms with van der Waals surface area (Å²) < 4.78 is 0. The van der Waals surface area contributed by atoms with Crippen molar-refractivity contribution in [2.24, 2.45) is 0 Å². The van der Waals surface area contributed by atoms with Gasteiger partial charge in [-0.05, 0) is 27.7 Å². The Labute approximate surface area is 89.8 Å². The first-order valence-corrected chi connectivity index (χ1v) is 5.42. The molecule has 0 aliphatic rings. The zero-order valence-electron chi connectivity index (χ0n) is 9.14. The second kappa shape index (κ2) is 4.12. The van der Waals surface area contributed by atoms with Crippen molar-refractivity contribution in [3.63, 3.8) is 0 Å². The average Bonchev–Trinajstić information content (AvgIpc) is 2.44. The maximum atomic E-state index is 5.38. The first-order chi connectivity index (χ1) is 6.44. The molecule has 1 aromatic rings. The Balaban J connectivity index is 2.59. The van der Waals surface area contributed by atoms with Crippen molar-refractivity contribution in [3.05, 3.63) is 15.6 Å². The smallest absolute Gasteiger partial charge is 0.107 e. The van der Waals surface area contributed by atoms with Gasteiger partial charge in [0.1, 0.15) is 5.01 Å². The molecule has 0 unspecified atom stereocenters. The van der Waals surface area contributed by atoms with Gasteiger partial charge >= 0.3 is 0 Å². The van der Waals surface area contributed by atoms with Crippen LogP contribution in [0.4, 0.5) is 0 Å². The van der Waals surface area contributed by atoms with Crippen LogP contribution >= 0.6 is 11.3 Å². The summed E-state index contributed by atoms with van der Waals surface area (Å²) in [5.74, 6) is 2.70. The third kappa shape index (κ3) is 2.83. The van der Waals surface area contributed by atoms with E-state index in [1.54, 1.807) is 11.3 Å². The van der Waals surface area contributed by atoms with Crippen molar-refractivity contribution in [3.8, 4) is 12.3 Å². The fourth-order valence-corrected chi connectivity index (χ4v) is 1.84. The second-order valence-electron chi connectivity index (χ2n) is 3.87. The lowest BCUT2D eigenvalue weighted by atomic mass is 10.1. The normalized spacial score (nSPS) is 11.4. The van der Waals surface area contributed by atoms with Gasteiger partial charge in [0.05, 0.1) is 11.2 Å². The zero-order chi connectivity index (χ0) is 10.8. The summed E-state index contributed by atoms with van der Waals surface area (Å²) in [6.45, 7) is 8.83. The van der Waals surface area contributed by atoms with Gasteiger partial charge in [-0.1, -0.05) is 5.92 Å². The van der Waals surface area contributed by atoms with Crippen LogP contribution in [0, 0.1) is 26.2 Å². The van der Waals surface area contributed by atoms with Gasteiger partial charge in [0.2, 0.25) is 0 Å². The maximum Gasteiger partial charge on any atom is 0.107 e. The Morgan fingerprint density at radius 1 is 1.50 bits per heavy atom. The number of nitrogens with one attached hydrogen (secondary N) is 1. The Morgan fingerprint density at radius 2 is 2.14 bits per heavy atom. The van der Waals surface area contributed by atoms with E-state index in [4.69, 9.17) is 6.42 Å². The summed E-state index contributed by atoms with van der Waals surface area (Å²) in [5, 5.41) is 4.38. The van der Waals surface area contributed by atoms with Crippen LogP contribution in [0.5, 0.6) is 0 Å². The summed E-state index contributed by atoms with van der Waals surface area (Å²) in [6.07, 6.45) is 5.38. The summed E-state index contributed by atoms with van der Waals surface area (Å²) in [7, 11) is 0. The van der Waals surface area contributed by atoms with E-state index < -0.39 is 0 Å². The summed E-state index contributed by atoms with van der Waals surface area (Å²) >= 11 is 1.72. The van der Waals surface area contributed by atoms with Crippen molar-refractivity contribution < 1.29 is 0 Å². The molecule has 0 fully saturated rings. The molecule has 14 heavy (non-hydrogen) atoms. The third-order valence-corrected chi connectivity index (χ3v) is 3.19. The van der Waals surface area contributed by atoms with E-state index in [0.717, 1.165) is 17.2 Å². The molecule has 0 radical (unpaired) electrons. The van der Waals surface area contributed by atoms with Crippen LogP contribution in [-0.4, -0.2) is 10.5 Å². The molecule has 0 bridgehead atoms. The van der Waals surface area contributed by atoms with E-state index in [1.807, 2.05) is 20.8 Å². The molecule has 0 atom stereocenters. The minimum Gasteiger partial charge on any atom is -0.295 e. The first-order valence-electron chi connectivity index (χ1n) is 4.60. The van der Waals surface area contributed by atoms with E-state index >= 15 is 0 Å². The van der Waals surface area contributed by atoms with Gasteiger partial charge in [0.25, 0.3) is 0 Å². The number of rotatable bonds is 3.